The van der Waals surface area contributed by atoms with Crippen molar-refractivity contribution in [3.8, 4) is 0 Å². The lowest BCUT2D eigenvalue weighted by Crippen LogP contribution is -2.16. The van der Waals surface area contributed by atoms with Crippen molar-refractivity contribution in [2.45, 2.75) is 12.0 Å². The van der Waals surface area contributed by atoms with Gasteiger partial charge in [0, 0.05) is 5.57 Å². The zero-order chi connectivity index (χ0) is 17.1. The van der Waals surface area contributed by atoms with E-state index in [1.807, 2.05) is 42.5 Å². The van der Waals surface area contributed by atoms with Crippen molar-refractivity contribution in [3.63, 3.8) is 0 Å². The van der Waals surface area contributed by atoms with Gasteiger partial charge >= 0.3 is 0 Å². The molecule has 3 aromatic carbocycles. The van der Waals surface area contributed by atoms with Gasteiger partial charge in [-0.15, -0.1) is 0 Å². The summed E-state index contributed by atoms with van der Waals surface area (Å²) in [5.74, 6) is 0.0244. The maximum atomic E-state index is 5.89. The van der Waals surface area contributed by atoms with Crippen LogP contribution in [-0.4, -0.2) is 5.71 Å². The predicted octanol–water partition coefficient (Wildman–Crippen LogP) is 5.61. The second kappa shape index (κ2) is 6.78. The highest BCUT2D eigenvalue weighted by atomic mass is 16.6. The first kappa shape index (κ1) is 15.4. The minimum absolute atomic E-state index is 0.0244. The summed E-state index contributed by atoms with van der Waals surface area (Å²) in [4.78, 5) is 5.89. The van der Waals surface area contributed by atoms with Crippen LogP contribution >= 0.6 is 0 Å². The fraction of sp³-hybridized carbons (Fsp3) is 0.0870. The Labute approximate surface area is 148 Å². The molecule has 2 heteroatoms. The monoisotopic (exact) mass is 325 g/mol. The fourth-order valence-corrected chi connectivity index (χ4v) is 3.29. The standard InChI is InChI=1S/C23H19NO/c1-17(18-11-5-2-6-12-18)22-21(19-13-7-3-8-14-19)23(25-24-22)20-15-9-4-10-16-20/h2-16,21,23H,1H2/t21-,23+/m0/s1. The molecule has 122 valence electrons. The number of benzene rings is 3. The van der Waals surface area contributed by atoms with Crippen molar-refractivity contribution >= 4 is 11.3 Å². The van der Waals surface area contributed by atoms with Crippen molar-refractivity contribution in [3.05, 3.63) is 114 Å². The van der Waals surface area contributed by atoms with Gasteiger partial charge < -0.3 is 4.84 Å². The summed E-state index contributed by atoms with van der Waals surface area (Å²) >= 11 is 0. The summed E-state index contributed by atoms with van der Waals surface area (Å²) < 4.78 is 0. The molecule has 0 amide bonds. The van der Waals surface area contributed by atoms with Gasteiger partial charge in [-0.25, -0.2) is 0 Å². The molecule has 0 bridgehead atoms. The molecule has 0 saturated heterocycles. The van der Waals surface area contributed by atoms with Crippen LogP contribution in [0.2, 0.25) is 0 Å². The number of rotatable bonds is 4. The van der Waals surface area contributed by atoms with E-state index in [-0.39, 0.29) is 12.0 Å². The molecule has 0 N–H and O–H groups in total. The van der Waals surface area contributed by atoms with Gasteiger partial charge in [0.15, 0.2) is 6.10 Å². The van der Waals surface area contributed by atoms with Gasteiger partial charge in [0.25, 0.3) is 0 Å². The van der Waals surface area contributed by atoms with Gasteiger partial charge in [-0.05, 0) is 16.7 Å². The lowest BCUT2D eigenvalue weighted by Gasteiger charge is -2.20. The molecule has 1 aliphatic heterocycles. The largest absolute Gasteiger partial charge is 0.386 e. The first-order chi connectivity index (χ1) is 12.3. The molecule has 1 aliphatic rings. The van der Waals surface area contributed by atoms with Crippen LogP contribution in [0.3, 0.4) is 0 Å². The molecule has 0 aromatic heterocycles. The highest BCUT2D eigenvalue weighted by molar-refractivity contribution is 6.26. The van der Waals surface area contributed by atoms with Gasteiger partial charge in [0.1, 0.15) is 0 Å². The SMILES string of the molecule is C=C(C1=NO[C@H](c2ccccc2)[C@H]1c1ccccc1)c1ccccc1. The van der Waals surface area contributed by atoms with Crippen molar-refractivity contribution in [2.24, 2.45) is 5.16 Å². The molecule has 0 fully saturated rings. The van der Waals surface area contributed by atoms with Crippen molar-refractivity contribution in [1.82, 2.24) is 0 Å². The van der Waals surface area contributed by atoms with Gasteiger partial charge in [-0.2, -0.15) is 0 Å². The van der Waals surface area contributed by atoms with Crippen molar-refractivity contribution < 1.29 is 4.84 Å². The summed E-state index contributed by atoms with van der Waals surface area (Å²) in [7, 11) is 0. The Hall–Kier alpha value is -3.13. The first-order valence-electron chi connectivity index (χ1n) is 8.43. The second-order valence-electron chi connectivity index (χ2n) is 6.15. The van der Waals surface area contributed by atoms with Gasteiger partial charge in [0.05, 0.1) is 11.6 Å². The highest BCUT2D eigenvalue weighted by Gasteiger charge is 2.37. The number of hydrogen-bond acceptors (Lipinski definition) is 2. The third-order valence-electron chi connectivity index (χ3n) is 4.58. The summed E-state index contributed by atoms with van der Waals surface area (Å²) in [6.45, 7) is 4.30. The lowest BCUT2D eigenvalue weighted by atomic mass is 9.82. The first-order valence-corrected chi connectivity index (χ1v) is 8.43. The Bertz CT molecular complexity index is 885. The molecule has 2 atom stereocenters. The minimum atomic E-state index is -0.140. The zero-order valence-corrected chi connectivity index (χ0v) is 13.9. The second-order valence-corrected chi connectivity index (χ2v) is 6.15. The molecule has 2 nitrogen and oxygen atoms in total. The van der Waals surface area contributed by atoms with Crippen LogP contribution in [0.25, 0.3) is 5.57 Å². The van der Waals surface area contributed by atoms with E-state index in [0.29, 0.717) is 0 Å². The van der Waals surface area contributed by atoms with E-state index in [1.54, 1.807) is 0 Å². The molecule has 4 rings (SSSR count). The molecule has 0 saturated carbocycles. The Morgan fingerprint density at radius 3 is 1.84 bits per heavy atom. The van der Waals surface area contributed by atoms with Gasteiger partial charge in [0.2, 0.25) is 0 Å². The highest BCUT2D eigenvalue weighted by Crippen LogP contribution is 2.43. The van der Waals surface area contributed by atoms with E-state index in [1.165, 1.54) is 5.56 Å². The topological polar surface area (TPSA) is 21.6 Å². The summed E-state index contributed by atoms with van der Waals surface area (Å²) in [5.41, 5.74) is 5.18. The normalized spacial score (nSPS) is 19.1. The Kier molecular flexibility index (Phi) is 4.17. The van der Waals surface area contributed by atoms with E-state index in [0.717, 1.165) is 22.4 Å². The smallest absolute Gasteiger partial charge is 0.165 e. The van der Waals surface area contributed by atoms with Crippen LogP contribution in [0.15, 0.2) is 103 Å². The van der Waals surface area contributed by atoms with Crippen LogP contribution in [0.5, 0.6) is 0 Å². The maximum absolute atomic E-state index is 5.89. The van der Waals surface area contributed by atoms with Crippen LogP contribution in [-0.2, 0) is 4.84 Å². The molecule has 3 aromatic rings. The van der Waals surface area contributed by atoms with Crippen molar-refractivity contribution in [1.29, 1.82) is 0 Å². The molecule has 25 heavy (non-hydrogen) atoms. The van der Waals surface area contributed by atoms with Crippen LogP contribution in [0.1, 0.15) is 28.7 Å². The average molecular weight is 325 g/mol. The minimum Gasteiger partial charge on any atom is -0.386 e. The van der Waals surface area contributed by atoms with E-state index in [2.05, 4.69) is 60.3 Å². The Morgan fingerprint density at radius 1 is 0.720 bits per heavy atom. The summed E-state index contributed by atoms with van der Waals surface area (Å²) in [6.07, 6.45) is -0.140. The van der Waals surface area contributed by atoms with Gasteiger partial charge in [-0.1, -0.05) is 103 Å². The molecular weight excluding hydrogens is 306 g/mol. The van der Waals surface area contributed by atoms with Crippen LogP contribution in [0, 0.1) is 0 Å². The van der Waals surface area contributed by atoms with E-state index >= 15 is 0 Å². The van der Waals surface area contributed by atoms with Crippen LogP contribution < -0.4 is 0 Å². The number of hydrogen-bond donors (Lipinski definition) is 0. The molecule has 0 unspecified atom stereocenters. The van der Waals surface area contributed by atoms with Crippen LogP contribution in [0.4, 0.5) is 0 Å². The third-order valence-corrected chi connectivity index (χ3v) is 4.58. The average Bonchev–Trinajstić information content (AvgIpc) is 3.14. The van der Waals surface area contributed by atoms with Gasteiger partial charge in [-0.3, -0.25) is 0 Å². The molecular formula is C23H19NO. The molecule has 0 aliphatic carbocycles. The lowest BCUT2D eigenvalue weighted by molar-refractivity contribution is 0.0763. The number of nitrogens with zero attached hydrogens (tertiary/aromatic N) is 1. The molecule has 1 heterocycles. The molecule has 0 spiro atoms. The number of allylic oxidation sites excluding steroid dienone is 1. The Balaban J connectivity index is 1.75. The predicted molar refractivity (Wildman–Crippen MR) is 102 cm³/mol. The number of oxime groups is 1. The Morgan fingerprint density at radius 2 is 1.24 bits per heavy atom. The summed E-state index contributed by atoms with van der Waals surface area (Å²) in [5, 5.41) is 4.44. The van der Waals surface area contributed by atoms with E-state index in [9.17, 15) is 0 Å². The zero-order valence-electron chi connectivity index (χ0n) is 13.9. The third kappa shape index (κ3) is 2.99. The van der Waals surface area contributed by atoms with E-state index < -0.39 is 0 Å². The summed E-state index contributed by atoms with van der Waals surface area (Å²) in [6, 6.07) is 30.8. The molecule has 0 radical (unpaired) electrons. The fourth-order valence-electron chi connectivity index (χ4n) is 3.29. The van der Waals surface area contributed by atoms with Crippen molar-refractivity contribution in [2.75, 3.05) is 0 Å². The quantitative estimate of drug-likeness (QED) is 0.611. The van der Waals surface area contributed by atoms with E-state index in [4.69, 9.17) is 4.84 Å². The maximum Gasteiger partial charge on any atom is 0.165 e.